The third-order valence-corrected chi connectivity index (χ3v) is 6.90. The van der Waals surface area contributed by atoms with Crippen LogP contribution in [0, 0.1) is 0 Å². The van der Waals surface area contributed by atoms with Crippen molar-refractivity contribution in [2.45, 2.75) is 13.8 Å². The first-order valence-corrected chi connectivity index (χ1v) is 13.1. The van der Waals surface area contributed by atoms with Gasteiger partial charge in [-0.05, 0) is 85.6 Å². The zero-order valence-corrected chi connectivity index (χ0v) is 20.4. The van der Waals surface area contributed by atoms with Crippen molar-refractivity contribution >= 4 is 34.7 Å². The van der Waals surface area contributed by atoms with E-state index in [4.69, 9.17) is 9.47 Å². The molecule has 2 N–H and O–H groups in total. The van der Waals surface area contributed by atoms with Gasteiger partial charge in [-0.1, -0.05) is 24.3 Å². The highest BCUT2D eigenvalue weighted by Crippen LogP contribution is 2.38. The number of rotatable bonds is 7. The highest BCUT2D eigenvalue weighted by atomic mass is 31.2. The molecule has 5 aromatic rings. The summed E-state index contributed by atoms with van der Waals surface area (Å²) in [5, 5.41) is 2.12. The third-order valence-electron chi connectivity index (χ3n) is 5.95. The van der Waals surface area contributed by atoms with E-state index in [-0.39, 0.29) is 5.30 Å². The van der Waals surface area contributed by atoms with Gasteiger partial charge >= 0.3 is 7.60 Å². The lowest BCUT2D eigenvalue weighted by atomic mass is 10.1. The normalized spacial score (nSPS) is 11.8. The summed E-state index contributed by atoms with van der Waals surface area (Å²) < 4.78 is 25.5. The molecular formula is C28H26NO5P. The molecule has 0 aliphatic rings. The summed E-state index contributed by atoms with van der Waals surface area (Å²) in [6.45, 7) is 5.11. The summed E-state index contributed by atoms with van der Waals surface area (Å²) in [7, 11) is -4.34. The van der Waals surface area contributed by atoms with Gasteiger partial charge in [-0.25, -0.2) is 0 Å². The van der Waals surface area contributed by atoms with E-state index in [0.717, 1.165) is 50.1 Å². The Hall–Kier alpha value is -3.57. The predicted molar refractivity (Wildman–Crippen MR) is 140 cm³/mol. The Bertz CT molecular complexity index is 1520. The molecule has 0 unspecified atom stereocenters. The fourth-order valence-corrected chi connectivity index (χ4v) is 5.05. The Balaban J connectivity index is 1.72. The van der Waals surface area contributed by atoms with Crippen molar-refractivity contribution in [1.82, 2.24) is 4.57 Å². The quantitative estimate of drug-likeness (QED) is 0.273. The Morgan fingerprint density at radius 2 is 1.26 bits per heavy atom. The molecule has 0 radical (unpaired) electrons. The predicted octanol–water partition coefficient (Wildman–Crippen LogP) is 6.05. The van der Waals surface area contributed by atoms with Crippen LogP contribution in [0.5, 0.6) is 11.5 Å². The Labute approximate surface area is 203 Å². The fraction of sp³-hybridized carbons (Fsp3) is 0.143. The molecule has 178 valence electrons. The minimum atomic E-state index is -4.34. The van der Waals surface area contributed by atoms with E-state index >= 15 is 0 Å². The second-order valence-electron chi connectivity index (χ2n) is 8.20. The van der Waals surface area contributed by atoms with Gasteiger partial charge in [-0.15, -0.1) is 0 Å². The van der Waals surface area contributed by atoms with Gasteiger partial charge in [-0.3, -0.25) is 4.57 Å². The van der Waals surface area contributed by atoms with Crippen LogP contribution in [-0.4, -0.2) is 27.6 Å². The molecule has 6 nitrogen and oxygen atoms in total. The van der Waals surface area contributed by atoms with Crippen LogP contribution in [0.3, 0.4) is 0 Å². The highest BCUT2D eigenvalue weighted by molar-refractivity contribution is 7.60. The maximum atomic E-state index is 11.8. The van der Waals surface area contributed by atoms with Crippen molar-refractivity contribution < 1.29 is 23.8 Å². The van der Waals surface area contributed by atoms with E-state index in [0.29, 0.717) is 13.2 Å². The Morgan fingerprint density at radius 3 is 1.80 bits per heavy atom. The Morgan fingerprint density at radius 1 is 0.714 bits per heavy atom. The van der Waals surface area contributed by atoms with E-state index < -0.39 is 7.60 Å². The van der Waals surface area contributed by atoms with Crippen LogP contribution >= 0.6 is 7.60 Å². The molecule has 0 atom stereocenters. The molecule has 0 spiro atoms. The van der Waals surface area contributed by atoms with E-state index in [9.17, 15) is 14.4 Å². The lowest BCUT2D eigenvalue weighted by molar-refractivity contribution is 0.340. The molecule has 35 heavy (non-hydrogen) atoms. The molecule has 5 rings (SSSR count). The van der Waals surface area contributed by atoms with Gasteiger partial charge in [0, 0.05) is 16.5 Å². The van der Waals surface area contributed by atoms with Crippen LogP contribution in [0.15, 0.2) is 84.9 Å². The van der Waals surface area contributed by atoms with E-state index in [2.05, 4.69) is 28.8 Å². The van der Waals surface area contributed by atoms with Crippen LogP contribution in [0.25, 0.3) is 38.6 Å². The zero-order chi connectivity index (χ0) is 24.6. The second kappa shape index (κ2) is 9.23. The molecule has 0 amide bonds. The minimum Gasteiger partial charge on any atom is -0.494 e. The smallest absolute Gasteiger partial charge is 0.356 e. The number of aromatic nitrogens is 1. The van der Waals surface area contributed by atoms with Gasteiger partial charge < -0.3 is 23.8 Å². The fourth-order valence-electron chi connectivity index (χ4n) is 4.46. The number of hydrogen-bond donors (Lipinski definition) is 2. The molecule has 0 bridgehead atoms. The van der Waals surface area contributed by atoms with Gasteiger partial charge in [0.05, 0.1) is 29.6 Å². The van der Waals surface area contributed by atoms with Crippen molar-refractivity contribution in [2.75, 3.05) is 13.2 Å². The number of hydrogen-bond acceptors (Lipinski definition) is 3. The van der Waals surface area contributed by atoms with Crippen LogP contribution in [-0.2, 0) is 4.57 Å². The van der Waals surface area contributed by atoms with Crippen LogP contribution in [0.2, 0.25) is 0 Å². The molecule has 1 aromatic heterocycles. The number of benzene rings is 4. The first-order chi connectivity index (χ1) is 16.9. The number of fused-ring (bicyclic) bond motifs is 3. The lowest BCUT2D eigenvalue weighted by Gasteiger charge is -2.12. The van der Waals surface area contributed by atoms with Crippen LogP contribution in [0.4, 0.5) is 0 Å². The van der Waals surface area contributed by atoms with Crippen LogP contribution in [0.1, 0.15) is 13.8 Å². The summed E-state index contributed by atoms with van der Waals surface area (Å²) in [5.41, 5.74) is 4.60. The van der Waals surface area contributed by atoms with E-state index in [1.807, 2.05) is 56.3 Å². The molecule has 7 heteroatoms. The van der Waals surface area contributed by atoms with E-state index in [1.54, 1.807) is 12.1 Å². The molecule has 1 heterocycles. The molecule has 4 aromatic carbocycles. The second-order valence-corrected chi connectivity index (χ2v) is 9.81. The average molecular weight is 487 g/mol. The Kier molecular flexibility index (Phi) is 6.12. The zero-order valence-electron chi connectivity index (χ0n) is 19.5. The van der Waals surface area contributed by atoms with E-state index in [1.165, 1.54) is 6.07 Å². The third kappa shape index (κ3) is 4.44. The molecule has 0 saturated heterocycles. The average Bonchev–Trinajstić information content (AvgIpc) is 3.17. The van der Waals surface area contributed by atoms with Gasteiger partial charge in [0.1, 0.15) is 11.5 Å². The van der Waals surface area contributed by atoms with Crippen molar-refractivity contribution in [1.29, 1.82) is 0 Å². The van der Waals surface area contributed by atoms with Gasteiger partial charge in [0.2, 0.25) is 0 Å². The largest absolute Gasteiger partial charge is 0.494 e. The molecule has 0 aliphatic carbocycles. The summed E-state index contributed by atoms with van der Waals surface area (Å²) in [4.78, 5) is 19.2. The van der Waals surface area contributed by atoms with Crippen molar-refractivity contribution in [3.8, 4) is 28.3 Å². The first-order valence-electron chi connectivity index (χ1n) is 11.5. The van der Waals surface area contributed by atoms with Crippen molar-refractivity contribution in [3.63, 3.8) is 0 Å². The van der Waals surface area contributed by atoms with Gasteiger partial charge in [-0.2, -0.15) is 0 Å². The molecule has 0 saturated carbocycles. The van der Waals surface area contributed by atoms with Crippen LogP contribution < -0.4 is 14.8 Å². The van der Waals surface area contributed by atoms with Gasteiger partial charge in [0.25, 0.3) is 0 Å². The highest BCUT2D eigenvalue weighted by Gasteiger charge is 2.18. The minimum absolute atomic E-state index is 0.00386. The maximum Gasteiger partial charge on any atom is 0.356 e. The summed E-state index contributed by atoms with van der Waals surface area (Å²) in [6.07, 6.45) is 0. The summed E-state index contributed by atoms with van der Waals surface area (Å²) >= 11 is 0. The monoisotopic (exact) mass is 487 g/mol. The lowest BCUT2D eigenvalue weighted by Crippen LogP contribution is -2.03. The maximum absolute atomic E-state index is 11.8. The topological polar surface area (TPSA) is 80.9 Å². The summed E-state index contributed by atoms with van der Waals surface area (Å²) in [5.74, 6) is 1.62. The van der Waals surface area contributed by atoms with Gasteiger partial charge in [0.15, 0.2) is 0 Å². The molecular weight excluding hydrogens is 461 g/mol. The van der Waals surface area contributed by atoms with Crippen molar-refractivity contribution in [3.05, 3.63) is 84.9 Å². The number of ether oxygens (including phenoxy) is 2. The standard InChI is InChI=1S/C28H26NO5P/c1-3-33-22-11-13-27-25(17-22)26-18-23(34-4-2)12-14-28(26)29(27)21-9-5-7-19(15-21)20-8-6-10-24(16-20)35(30,31)32/h5-18H,3-4H2,1-2H3,(H2,30,31,32). The molecule has 0 aliphatic heterocycles. The van der Waals surface area contributed by atoms with Crippen molar-refractivity contribution in [2.24, 2.45) is 0 Å². The SMILES string of the molecule is CCOc1ccc2c(c1)c1cc(OCC)ccc1n2-c1cccc(-c2cccc(P(=O)(O)O)c2)c1. The molecule has 0 fully saturated rings. The summed E-state index contributed by atoms with van der Waals surface area (Å²) in [6, 6.07) is 26.6. The first kappa shape index (κ1) is 23.2. The number of nitrogens with zero attached hydrogens (tertiary/aromatic N) is 1.